The second kappa shape index (κ2) is 6.23. The molecule has 1 amide bonds. The summed E-state index contributed by atoms with van der Waals surface area (Å²) in [4.78, 5) is 47.2. The molecule has 0 aliphatic heterocycles. The molecule has 2 aromatic heterocycles. The molecule has 2 aliphatic carbocycles. The number of Topliss-reactive ketones (excluding diaryl/α,β-unsaturated/α-hetero) is 1. The van der Waals surface area contributed by atoms with Gasteiger partial charge >= 0.3 is 0 Å². The van der Waals surface area contributed by atoms with Crippen molar-refractivity contribution in [3.05, 3.63) is 57.0 Å². The Bertz CT molecular complexity index is 915. The molecule has 7 heteroatoms. The number of pyridine rings is 1. The number of hydrogen-bond acceptors (Lipinski definition) is 5. The lowest BCUT2D eigenvalue weighted by atomic mass is 9.94. The van der Waals surface area contributed by atoms with Crippen LogP contribution < -0.4 is 10.9 Å². The molecule has 0 spiro atoms. The lowest BCUT2D eigenvalue weighted by molar-refractivity contribution is 0.0941. The van der Waals surface area contributed by atoms with Crippen LogP contribution in [0.15, 0.2) is 23.0 Å². The van der Waals surface area contributed by atoms with Gasteiger partial charge in [-0.25, -0.2) is 4.98 Å². The van der Waals surface area contributed by atoms with E-state index < -0.39 is 5.91 Å². The summed E-state index contributed by atoms with van der Waals surface area (Å²) in [7, 11) is 0. The van der Waals surface area contributed by atoms with Gasteiger partial charge in [0.05, 0.1) is 17.9 Å². The van der Waals surface area contributed by atoms with Gasteiger partial charge < -0.3 is 10.3 Å². The van der Waals surface area contributed by atoms with E-state index in [1.165, 1.54) is 6.07 Å². The van der Waals surface area contributed by atoms with Gasteiger partial charge in [-0.2, -0.15) is 0 Å². The van der Waals surface area contributed by atoms with Crippen LogP contribution in [0.25, 0.3) is 0 Å². The number of carbonyl (C=O) groups is 2. The van der Waals surface area contributed by atoms with Crippen LogP contribution in [0.5, 0.6) is 0 Å². The predicted octanol–water partition coefficient (Wildman–Crippen LogP) is 1.49. The number of nitrogens with zero attached hydrogens (tertiary/aromatic N) is 2. The summed E-state index contributed by atoms with van der Waals surface area (Å²) in [5.41, 5.74) is 1.99. The minimum absolute atomic E-state index is 0.124. The summed E-state index contributed by atoms with van der Waals surface area (Å²) in [6.45, 7) is 0.230. The predicted molar refractivity (Wildman–Crippen MR) is 89.5 cm³/mol. The number of aryl methyl sites for hydroxylation is 1. The molecule has 7 nitrogen and oxygen atoms in total. The van der Waals surface area contributed by atoms with Gasteiger partial charge in [-0.15, -0.1) is 0 Å². The van der Waals surface area contributed by atoms with Crippen molar-refractivity contribution in [1.29, 1.82) is 0 Å². The maximum absolute atomic E-state index is 12.3. The molecule has 2 heterocycles. The normalized spacial score (nSPS) is 16.4. The molecule has 0 aromatic carbocycles. The van der Waals surface area contributed by atoms with E-state index in [-0.39, 0.29) is 29.5 Å². The third-order valence-electron chi connectivity index (χ3n) is 4.54. The summed E-state index contributed by atoms with van der Waals surface area (Å²) in [6, 6.07) is 4.74. The van der Waals surface area contributed by atoms with Crippen LogP contribution in [0.4, 0.5) is 0 Å². The molecule has 25 heavy (non-hydrogen) atoms. The number of carbonyl (C=O) groups excluding carboxylic acids is 2. The Hall–Kier alpha value is -2.83. The van der Waals surface area contributed by atoms with Gasteiger partial charge in [-0.1, -0.05) is 0 Å². The molecule has 2 N–H and O–H groups in total. The van der Waals surface area contributed by atoms with E-state index in [0.717, 1.165) is 31.4 Å². The van der Waals surface area contributed by atoms with Crippen LogP contribution in [0.1, 0.15) is 69.7 Å². The molecule has 1 fully saturated rings. The van der Waals surface area contributed by atoms with Gasteiger partial charge in [0.1, 0.15) is 11.5 Å². The van der Waals surface area contributed by atoms with Crippen molar-refractivity contribution in [2.24, 2.45) is 0 Å². The van der Waals surface area contributed by atoms with Crippen molar-refractivity contribution in [2.75, 3.05) is 0 Å². The molecule has 0 atom stereocenters. The van der Waals surface area contributed by atoms with Gasteiger partial charge in [-0.05, 0) is 37.8 Å². The zero-order valence-electron chi connectivity index (χ0n) is 13.7. The number of H-pyrrole nitrogens is 1. The van der Waals surface area contributed by atoms with E-state index in [9.17, 15) is 14.4 Å². The standard InChI is InChI=1S/C18H18N4O3/c23-15-3-1-2-13-12(15)7-6-11(20-13)9-19-18(25)14-8-16(24)22-17(21-14)10-4-5-10/h6-8,10H,1-5,9H2,(H,19,25)(H,21,22,24). The summed E-state index contributed by atoms with van der Waals surface area (Å²) < 4.78 is 0. The van der Waals surface area contributed by atoms with Crippen LogP contribution in [0, 0.1) is 0 Å². The lowest BCUT2D eigenvalue weighted by Gasteiger charge is -2.14. The Morgan fingerprint density at radius 2 is 2.04 bits per heavy atom. The molecule has 128 valence electrons. The third kappa shape index (κ3) is 3.35. The monoisotopic (exact) mass is 338 g/mol. The van der Waals surface area contributed by atoms with Crippen LogP contribution in [0.3, 0.4) is 0 Å². The van der Waals surface area contributed by atoms with Crippen molar-refractivity contribution in [3.8, 4) is 0 Å². The second-order valence-corrected chi connectivity index (χ2v) is 6.55. The van der Waals surface area contributed by atoms with Crippen LogP contribution in [0.2, 0.25) is 0 Å². The Morgan fingerprint density at radius 1 is 1.20 bits per heavy atom. The number of rotatable bonds is 4. The quantitative estimate of drug-likeness (QED) is 0.879. The molecule has 2 aromatic rings. The van der Waals surface area contributed by atoms with Crippen LogP contribution >= 0.6 is 0 Å². The fourth-order valence-corrected chi connectivity index (χ4v) is 3.04. The van der Waals surface area contributed by atoms with Gasteiger partial charge in [0.25, 0.3) is 11.5 Å². The SMILES string of the molecule is O=C(NCc1ccc2c(n1)CCCC2=O)c1cc(=O)[nH]c(C2CC2)n1. The summed E-state index contributed by atoms with van der Waals surface area (Å²) in [5, 5.41) is 2.75. The summed E-state index contributed by atoms with van der Waals surface area (Å²) in [5.74, 6) is 0.580. The topological polar surface area (TPSA) is 105 Å². The molecular formula is C18H18N4O3. The van der Waals surface area contributed by atoms with Crippen molar-refractivity contribution in [1.82, 2.24) is 20.3 Å². The first-order valence-corrected chi connectivity index (χ1v) is 8.51. The van der Waals surface area contributed by atoms with E-state index in [1.807, 2.05) is 0 Å². The first-order chi connectivity index (χ1) is 12.1. The highest BCUT2D eigenvalue weighted by Crippen LogP contribution is 2.37. The molecule has 1 saturated carbocycles. The number of hydrogen-bond donors (Lipinski definition) is 2. The smallest absolute Gasteiger partial charge is 0.270 e. The fraction of sp³-hybridized carbons (Fsp3) is 0.389. The molecular weight excluding hydrogens is 320 g/mol. The maximum atomic E-state index is 12.3. The molecule has 4 rings (SSSR count). The van der Waals surface area contributed by atoms with E-state index >= 15 is 0 Å². The Kier molecular flexibility index (Phi) is 3.91. The number of aromatic nitrogens is 3. The van der Waals surface area contributed by atoms with Crippen molar-refractivity contribution < 1.29 is 9.59 Å². The van der Waals surface area contributed by atoms with Gasteiger partial charge in [0, 0.05) is 24.0 Å². The molecule has 2 aliphatic rings. The average Bonchev–Trinajstić information content (AvgIpc) is 3.44. The van der Waals surface area contributed by atoms with Gasteiger partial charge in [0.15, 0.2) is 5.78 Å². The Labute approximate surface area is 143 Å². The second-order valence-electron chi connectivity index (χ2n) is 6.55. The summed E-state index contributed by atoms with van der Waals surface area (Å²) >= 11 is 0. The summed E-state index contributed by atoms with van der Waals surface area (Å²) in [6.07, 6.45) is 4.15. The number of aromatic amines is 1. The van der Waals surface area contributed by atoms with E-state index in [0.29, 0.717) is 23.5 Å². The lowest BCUT2D eigenvalue weighted by Crippen LogP contribution is -2.27. The zero-order chi connectivity index (χ0) is 17.4. The highest BCUT2D eigenvalue weighted by atomic mass is 16.2. The number of amides is 1. The minimum Gasteiger partial charge on any atom is -0.345 e. The highest BCUT2D eigenvalue weighted by Gasteiger charge is 2.27. The third-order valence-corrected chi connectivity index (χ3v) is 4.54. The van der Waals surface area contributed by atoms with Crippen LogP contribution in [-0.2, 0) is 13.0 Å². The van der Waals surface area contributed by atoms with Crippen molar-refractivity contribution in [3.63, 3.8) is 0 Å². The first kappa shape index (κ1) is 15.7. The number of ketones is 1. The van der Waals surface area contributed by atoms with Crippen molar-refractivity contribution in [2.45, 2.75) is 44.6 Å². The Balaban J connectivity index is 1.47. The zero-order valence-corrected chi connectivity index (χ0v) is 13.7. The average molecular weight is 338 g/mol. The van der Waals surface area contributed by atoms with E-state index in [1.54, 1.807) is 12.1 Å². The highest BCUT2D eigenvalue weighted by molar-refractivity contribution is 5.98. The van der Waals surface area contributed by atoms with Gasteiger partial charge in [-0.3, -0.25) is 19.4 Å². The molecule has 0 saturated heterocycles. The molecule has 0 bridgehead atoms. The van der Waals surface area contributed by atoms with Crippen LogP contribution in [-0.4, -0.2) is 26.6 Å². The van der Waals surface area contributed by atoms with E-state index in [2.05, 4.69) is 20.3 Å². The van der Waals surface area contributed by atoms with Crippen molar-refractivity contribution >= 4 is 11.7 Å². The number of fused-ring (bicyclic) bond motifs is 1. The molecule has 0 radical (unpaired) electrons. The largest absolute Gasteiger partial charge is 0.345 e. The fourth-order valence-electron chi connectivity index (χ4n) is 3.04. The number of nitrogens with one attached hydrogen (secondary N) is 2. The molecule has 0 unspecified atom stereocenters. The maximum Gasteiger partial charge on any atom is 0.270 e. The van der Waals surface area contributed by atoms with Gasteiger partial charge in [0.2, 0.25) is 0 Å². The van der Waals surface area contributed by atoms with E-state index in [4.69, 9.17) is 0 Å². The first-order valence-electron chi connectivity index (χ1n) is 8.51. The Morgan fingerprint density at radius 3 is 2.84 bits per heavy atom. The minimum atomic E-state index is -0.399.